The molecule has 0 radical (unpaired) electrons. The van der Waals surface area contributed by atoms with Gasteiger partial charge in [0.1, 0.15) is 0 Å². The molecule has 1 rings (SSSR count). The van der Waals surface area contributed by atoms with Gasteiger partial charge in [-0.3, -0.25) is 0 Å². The second-order valence-electron chi connectivity index (χ2n) is 3.43. The number of carbonyl (C=O) groups is 1. The number of hydrogen-bond acceptors (Lipinski definition) is 1. The predicted molar refractivity (Wildman–Crippen MR) is 49.1 cm³/mol. The SMILES string of the molecule is CCCNC(=O)N(C)C1CCC1. The van der Waals surface area contributed by atoms with Gasteiger partial charge in [-0.2, -0.15) is 0 Å². The minimum atomic E-state index is 0.0848. The maximum Gasteiger partial charge on any atom is 0.317 e. The highest BCUT2D eigenvalue weighted by Crippen LogP contribution is 2.23. The molecule has 0 saturated heterocycles. The maximum atomic E-state index is 11.4. The molecule has 12 heavy (non-hydrogen) atoms. The number of nitrogens with one attached hydrogen (secondary N) is 1. The molecule has 3 heteroatoms. The van der Waals surface area contributed by atoms with Crippen LogP contribution < -0.4 is 5.32 Å². The molecule has 1 saturated carbocycles. The van der Waals surface area contributed by atoms with E-state index in [1.165, 1.54) is 19.3 Å². The van der Waals surface area contributed by atoms with Crippen molar-refractivity contribution in [2.45, 2.75) is 38.6 Å². The molecule has 3 nitrogen and oxygen atoms in total. The van der Waals surface area contributed by atoms with E-state index in [1.807, 2.05) is 11.9 Å². The van der Waals surface area contributed by atoms with Crippen molar-refractivity contribution in [2.75, 3.05) is 13.6 Å². The summed E-state index contributed by atoms with van der Waals surface area (Å²) in [5.74, 6) is 0. The van der Waals surface area contributed by atoms with Gasteiger partial charge in [-0.05, 0) is 25.7 Å². The van der Waals surface area contributed by atoms with Gasteiger partial charge in [0.05, 0.1) is 0 Å². The number of nitrogens with zero attached hydrogens (tertiary/aromatic N) is 1. The van der Waals surface area contributed by atoms with Crippen LogP contribution in [-0.2, 0) is 0 Å². The topological polar surface area (TPSA) is 32.3 Å². The molecule has 0 atom stereocenters. The summed E-state index contributed by atoms with van der Waals surface area (Å²) in [5, 5.41) is 2.87. The molecule has 1 fully saturated rings. The number of urea groups is 1. The molecule has 70 valence electrons. The van der Waals surface area contributed by atoms with Crippen LogP contribution in [0.5, 0.6) is 0 Å². The van der Waals surface area contributed by atoms with E-state index >= 15 is 0 Å². The molecule has 0 aromatic rings. The van der Waals surface area contributed by atoms with Gasteiger partial charge in [-0.1, -0.05) is 6.92 Å². The van der Waals surface area contributed by atoms with Crippen LogP contribution in [0.25, 0.3) is 0 Å². The Morgan fingerprint density at radius 2 is 2.25 bits per heavy atom. The molecule has 0 unspecified atom stereocenters. The molecular formula is C9H18N2O. The minimum absolute atomic E-state index is 0.0848. The number of hydrogen-bond donors (Lipinski definition) is 1. The van der Waals surface area contributed by atoms with Crippen molar-refractivity contribution in [1.29, 1.82) is 0 Å². The third kappa shape index (κ3) is 2.13. The Balaban J connectivity index is 2.20. The van der Waals surface area contributed by atoms with Crippen LogP contribution in [0.2, 0.25) is 0 Å². The second-order valence-corrected chi connectivity index (χ2v) is 3.43. The summed E-state index contributed by atoms with van der Waals surface area (Å²) in [6, 6.07) is 0.586. The van der Waals surface area contributed by atoms with Gasteiger partial charge in [0, 0.05) is 19.6 Å². The van der Waals surface area contributed by atoms with Crippen molar-refractivity contribution in [1.82, 2.24) is 10.2 Å². The fourth-order valence-corrected chi connectivity index (χ4v) is 1.30. The molecule has 0 heterocycles. The van der Waals surface area contributed by atoms with Gasteiger partial charge in [-0.15, -0.1) is 0 Å². The van der Waals surface area contributed by atoms with Crippen LogP contribution in [0.1, 0.15) is 32.6 Å². The Labute approximate surface area is 74.1 Å². The zero-order valence-corrected chi connectivity index (χ0v) is 7.97. The molecule has 0 aliphatic heterocycles. The average molecular weight is 170 g/mol. The van der Waals surface area contributed by atoms with E-state index in [9.17, 15) is 4.79 Å². The molecular weight excluding hydrogens is 152 g/mol. The van der Waals surface area contributed by atoms with Gasteiger partial charge >= 0.3 is 6.03 Å². The number of rotatable bonds is 3. The van der Waals surface area contributed by atoms with E-state index in [2.05, 4.69) is 12.2 Å². The van der Waals surface area contributed by atoms with Gasteiger partial charge in [0.2, 0.25) is 0 Å². The van der Waals surface area contributed by atoms with Crippen LogP contribution in [0, 0.1) is 0 Å². The third-order valence-electron chi connectivity index (χ3n) is 2.47. The normalized spacial score (nSPS) is 16.8. The van der Waals surface area contributed by atoms with Crippen LogP contribution in [0.4, 0.5) is 4.79 Å². The molecule has 1 aliphatic carbocycles. The fraction of sp³-hybridized carbons (Fsp3) is 0.889. The first-order chi connectivity index (χ1) is 5.75. The summed E-state index contributed by atoms with van der Waals surface area (Å²) in [5.41, 5.74) is 0. The predicted octanol–water partition coefficient (Wildman–Crippen LogP) is 1.59. The molecule has 0 spiro atoms. The van der Waals surface area contributed by atoms with Crippen LogP contribution in [-0.4, -0.2) is 30.6 Å². The van der Waals surface area contributed by atoms with Crippen molar-refractivity contribution in [3.63, 3.8) is 0 Å². The fourth-order valence-electron chi connectivity index (χ4n) is 1.30. The van der Waals surface area contributed by atoms with E-state index in [1.54, 1.807) is 0 Å². The zero-order chi connectivity index (χ0) is 8.97. The smallest absolute Gasteiger partial charge is 0.317 e. The van der Waals surface area contributed by atoms with Crippen LogP contribution >= 0.6 is 0 Å². The van der Waals surface area contributed by atoms with Crippen molar-refractivity contribution < 1.29 is 4.79 Å². The van der Waals surface area contributed by atoms with Crippen molar-refractivity contribution in [3.05, 3.63) is 0 Å². The molecule has 2 amide bonds. The largest absolute Gasteiger partial charge is 0.338 e. The first kappa shape index (κ1) is 9.36. The van der Waals surface area contributed by atoms with Crippen LogP contribution in [0.3, 0.4) is 0 Å². The lowest BCUT2D eigenvalue weighted by molar-refractivity contribution is 0.158. The minimum Gasteiger partial charge on any atom is -0.338 e. The van der Waals surface area contributed by atoms with Crippen molar-refractivity contribution in [2.24, 2.45) is 0 Å². The standard InChI is InChI=1S/C9H18N2O/c1-3-7-10-9(12)11(2)8-5-4-6-8/h8H,3-7H2,1-2H3,(H,10,12). The third-order valence-corrected chi connectivity index (χ3v) is 2.47. The van der Waals surface area contributed by atoms with Crippen molar-refractivity contribution >= 4 is 6.03 Å². The summed E-state index contributed by atoms with van der Waals surface area (Å²) in [7, 11) is 1.88. The summed E-state index contributed by atoms with van der Waals surface area (Å²) < 4.78 is 0. The van der Waals surface area contributed by atoms with Gasteiger partial charge in [0.15, 0.2) is 0 Å². The Kier molecular flexibility index (Phi) is 3.38. The highest BCUT2D eigenvalue weighted by Gasteiger charge is 2.24. The lowest BCUT2D eigenvalue weighted by Gasteiger charge is -2.34. The molecule has 0 bridgehead atoms. The number of amides is 2. The Bertz CT molecular complexity index is 155. The monoisotopic (exact) mass is 170 g/mol. The Morgan fingerprint density at radius 1 is 1.58 bits per heavy atom. The summed E-state index contributed by atoms with van der Waals surface area (Å²) in [6.07, 6.45) is 4.63. The Morgan fingerprint density at radius 3 is 2.67 bits per heavy atom. The highest BCUT2D eigenvalue weighted by molar-refractivity contribution is 5.74. The lowest BCUT2D eigenvalue weighted by atomic mass is 9.92. The van der Waals surface area contributed by atoms with Gasteiger partial charge in [-0.25, -0.2) is 4.79 Å². The van der Waals surface area contributed by atoms with Crippen molar-refractivity contribution in [3.8, 4) is 0 Å². The maximum absolute atomic E-state index is 11.4. The molecule has 1 aliphatic rings. The number of carbonyl (C=O) groups excluding carboxylic acids is 1. The Hall–Kier alpha value is -0.730. The van der Waals surface area contributed by atoms with E-state index in [-0.39, 0.29) is 6.03 Å². The summed E-state index contributed by atoms with van der Waals surface area (Å²) in [6.45, 7) is 2.85. The second kappa shape index (κ2) is 4.33. The van der Waals surface area contributed by atoms with Gasteiger partial charge in [0.25, 0.3) is 0 Å². The quantitative estimate of drug-likeness (QED) is 0.685. The van der Waals surface area contributed by atoms with E-state index in [4.69, 9.17) is 0 Å². The van der Waals surface area contributed by atoms with E-state index < -0.39 is 0 Å². The van der Waals surface area contributed by atoms with E-state index in [0.717, 1.165) is 13.0 Å². The highest BCUT2D eigenvalue weighted by atomic mass is 16.2. The molecule has 0 aromatic heterocycles. The average Bonchev–Trinajstić information content (AvgIpc) is 1.96. The van der Waals surface area contributed by atoms with Gasteiger partial charge < -0.3 is 10.2 Å². The van der Waals surface area contributed by atoms with Crippen LogP contribution in [0.15, 0.2) is 0 Å². The summed E-state index contributed by atoms with van der Waals surface area (Å²) >= 11 is 0. The zero-order valence-electron chi connectivity index (χ0n) is 7.97. The first-order valence-corrected chi connectivity index (χ1v) is 4.76. The molecule has 0 aromatic carbocycles. The molecule has 1 N–H and O–H groups in total. The van der Waals surface area contributed by atoms with E-state index in [0.29, 0.717) is 6.04 Å². The first-order valence-electron chi connectivity index (χ1n) is 4.76. The summed E-state index contributed by atoms with van der Waals surface area (Å²) in [4.78, 5) is 13.2. The lowest BCUT2D eigenvalue weighted by Crippen LogP contribution is -2.46.